The Balaban J connectivity index is 1.80. The van der Waals surface area contributed by atoms with Crippen LogP contribution in [0.5, 0.6) is 5.75 Å². The third-order valence-corrected chi connectivity index (χ3v) is 6.29. The minimum Gasteiger partial charge on any atom is -0.507 e. The van der Waals surface area contributed by atoms with Crippen molar-refractivity contribution in [2.75, 3.05) is 39.5 Å². The van der Waals surface area contributed by atoms with Crippen LogP contribution in [0.4, 0.5) is 0 Å². The number of fused-ring (bicyclic) bond motifs is 1. The van der Waals surface area contributed by atoms with Gasteiger partial charge in [-0.2, -0.15) is 5.10 Å². The molecule has 1 saturated heterocycles. The maximum Gasteiger partial charge on any atom is 0.184 e. The first-order valence-electron chi connectivity index (χ1n) is 11.1. The molecule has 33 heavy (non-hydrogen) atoms. The van der Waals surface area contributed by atoms with Crippen LogP contribution >= 0.6 is 12.2 Å². The molecule has 0 aliphatic carbocycles. The van der Waals surface area contributed by atoms with E-state index < -0.39 is 0 Å². The molecular weight excluding hydrogens is 436 g/mol. The Morgan fingerprint density at radius 3 is 2.58 bits per heavy atom. The minimum atomic E-state index is -0.153. The second kappa shape index (κ2) is 10.8. The maximum absolute atomic E-state index is 11.4. The van der Waals surface area contributed by atoms with E-state index in [2.05, 4.69) is 27.6 Å². The van der Waals surface area contributed by atoms with Crippen molar-refractivity contribution in [2.24, 2.45) is 16.8 Å². The van der Waals surface area contributed by atoms with Gasteiger partial charge in [0.15, 0.2) is 5.11 Å². The monoisotopic (exact) mass is 466 g/mol. The number of ether oxygens (including phenoxy) is 2. The van der Waals surface area contributed by atoms with E-state index in [1.165, 1.54) is 0 Å². The van der Waals surface area contributed by atoms with Gasteiger partial charge in [-0.15, -0.1) is 0 Å². The lowest BCUT2D eigenvalue weighted by molar-refractivity contribution is 0.0333. The number of nitrogens with two attached hydrogens (primary N) is 1. The normalized spacial score (nSPS) is 18.8. The Kier molecular flexibility index (Phi) is 7.59. The van der Waals surface area contributed by atoms with Crippen LogP contribution < -0.4 is 15.9 Å². The Morgan fingerprint density at radius 1 is 1.15 bits per heavy atom. The van der Waals surface area contributed by atoms with Crippen LogP contribution in [0.1, 0.15) is 24.0 Å². The topological polar surface area (TPSA) is 92.3 Å². The van der Waals surface area contributed by atoms with Crippen LogP contribution in [-0.2, 0) is 4.74 Å². The lowest BCUT2D eigenvalue weighted by Crippen LogP contribution is -2.43. The SMILES string of the molecule is C/C(=N/NC(N)=S)[C@H](CN1CCOCC1)[C@H](C1=C(O)c2ccccc2OC1)c1ccccc1. The maximum atomic E-state index is 11.4. The van der Waals surface area contributed by atoms with Gasteiger partial charge in [0.25, 0.3) is 0 Å². The smallest absolute Gasteiger partial charge is 0.184 e. The molecule has 7 nitrogen and oxygen atoms in total. The van der Waals surface area contributed by atoms with E-state index in [-0.39, 0.29) is 22.7 Å². The zero-order valence-electron chi connectivity index (χ0n) is 18.7. The lowest BCUT2D eigenvalue weighted by Gasteiger charge is -2.37. The van der Waals surface area contributed by atoms with Gasteiger partial charge in [-0.3, -0.25) is 10.3 Å². The molecule has 8 heteroatoms. The Bertz CT molecular complexity index is 1030. The summed E-state index contributed by atoms with van der Waals surface area (Å²) < 4.78 is 11.6. The van der Waals surface area contributed by atoms with Crippen molar-refractivity contribution in [3.8, 4) is 5.75 Å². The number of hydrogen-bond donors (Lipinski definition) is 3. The predicted molar refractivity (Wildman–Crippen MR) is 134 cm³/mol. The Morgan fingerprint density at radius 2 is 1.85 bits per heavy atom. The quantitative estimate of drug-likeness (QED) is 0.328. The summed E-state index contributed by atoms with van der Waals surface area (Å²) in [5, 5.41) is 16.0. The largest absolute Gasteiger partial charge is 0.507 e. The van der Waals surface area contributed by atoms with E-state index in [0.29, 0.717) is 31.1 Å². The van der Waals surface area contributed by atoms with Crippen molar-refractivity contribution >= 4 is 28.8 Å². The molecule has 0 saturated carbocycles. The first-order valence-corrected chi connectivity index (χ1v) is 11.5. The van der Waals surface area contributed by atoms with Crippen molar-refractivity contribution in [2.45, 2.75) is 12.8 Å². The van der Waals surface area contributed by atoms with Crippen LogP contribution in [0.2, 0.25) is 0 Å². The van der Waals surface area contributed by atoms with Crippen LogP contribution in [0, 0.1) is 5.92 Å². The Labute approximate surface area is 199 Å². The van der Waals surface area contributed by atoms with E-state index in [1.54, 1.807) is 0 Å². The summed E-state index contributed by atoms with van der Waals surface area (Å²) >= 11 is 4.97. The van der Waals surface area contributed by atoms with Crippen LogP contribution in [-0.4, -0.2) is 60.3 Å². The number of morpholine rings is 1. The van der Waals surface area contributed by atoms with E-state index >= 15 is 0 Å². The summed E-state index contributed by atoms with van der Waals surface area (Å²) in [4.78, 5) is 2.37. The van der Waals surface area contributed by atoms with Gasteiger partial charge in [0.1, 0.15) is 18.1 Å². The zero-order valence-corrected chi connectivity index (χ0v) is 19.6. The van der Waals surface area contributed by atoms with E-state index in [0.717, 1.165) is 36.5 Å². The molecule has 2 aromatic carbocycles. The van der Waals surface area contributed by atoms with Gasteiger partial charge in [0.05, 0.1) is 18.8 Å². The fourth-order valence-corrected chi connectivity index (χ4v) is 4.57. The highest BCUT2D eigenvalue weighted by molar-refractivity contribution is 7.80. The molecule has 2 atom stereocenters. The summed E-state index contributed by atoms with van der Waals surface area (Å²) in [5.41, 5.74) is 11.9. The molecule has 0 bridgehead atoms. The van der Waals surface area contributed by atoms with Gasteiger partial charge in [-0.05, 0) is 36.8 Å². The zero-order chi connectivity index (χ0) is 23.2. The molecule has 2 aromatic rings. The molecule has 0 radical (unpaired) electrons. The third kappa shape index (κ3) is 5.52. The molecule has 4 rings (SSSR count). The molecule has 0 unspecified atom stereocenters. The molecular formula is C25H30N4O3S. The molecule has 0 spiro atoms. The summed E-state index contributed by atoms with van der Waals surface area (Å²) in [6, 6.07) is 17.8. The number of hydrazone groups is 1. The third-order valence-electron chi connectivity index (χ3n) is 6.20. The van der Waals surface area contributed by atoms with E-state index in [1.807, 2.05) is 49.4 Å². The van der Waals surface area contributed by atoms with Crippen LogP contribution in [0.25, 0.3) is 5.76 Å². The van der Waals surface area contributed by atoms with Crippen LogP contribution in [0.15, 0.2) is 65.3 Å². The Hall–Kier alpha value is -2.94. The number of benzene rings is 2. The molecule has 2 heterocycles. The fraction of sp³-hybridized carbons (Fsp3) is 0.360. The van der Waals surface area contributed by atoms with Crippen molar-refractivity contribution in [1.82, 2.24) is 10.3 Å². The van der Waals surface area contributed by atoms with Gasteiger partial charge in [0, 0.05) is 42.8 Å². The predicted octanol–water partition coefficient (Wildman–Crippen LogP) is 3.29. The first kappa shape index (κ1) is 23.2. The second-order valence-electron chi connectivity index (χ2n) is 8.30. The molecule has 174 valence electrons. The van der Waals surface area contributed by atoms with Gasteiger partial charge in [-0.25, -0.2) is 0 Å². The van der Waals surface area contributed by atoms with E-state index in [4.69, 9.17) is 27.4 Å². The van der Waals surface area contributed by atoms with Crippen molar-refractivity contribution in [1.29, 1.82) is 0 Å². The number of rotatable bonds is 7. The highest BCUT2D eigenvalue weighted by Gasteiger charge is 2.35. The average Bonchev–Trinajstić information content (AvgIpc) is 2.85. The summed E-state index contributed by atoms with van der Waals surface area (Å²) in [6.07, 6.45) is 0. The van der Waals surface area contributed by atoms with Crippen LogP contribution in [0.3, 0.4) is 0 Å². The first-order chi connectivity index (χ1) is 16.0. The summed E-state index contributed by atoms with van der Waals surface area (Å²) in [6.45, 7) is 6.12. The summed E-state index contributed by atoms with van der Waals surface area (Å²) in [5.74, 6) is 0.751. The molecule has 1 fully saturated rings. The number of aliphatic hydroxyl groups is 1. The number of thiocarbonyl (C=S) groups is 1. The molecule has 4 N–H and O–H groups in total. The molecule has 0 amide bonds. The van der Waals surface area contributed by atoms with Crippen molar-refractivity contribution in [3.05, 3.63) is 71.3 Å². The average molecular weight is 467 g/mol. The minimum absolute atomic E-state index is 0.0571. The second-order valence-corrected chi connectivity index (χ2v) is 8.74. The highest BCUT2D eigenvalue weighted by atomic mass is 32.1. The van der Waals surface area contributed by atoms with Gasteiger partial charge < -0.3 is 20.3 Å². The molecule has 2 aliphatic rings. The van der Waals surface area contributed by atoms with Crippen molar-refractivity contribution in [3.63, 3.8) is 0 Å². The number of nitrogens with one attached hydrogen (secondary N) is 1. The lowest BCUT2D eigenvalue weighted by atomic mass is 9.76. The van der Waals surface area contributed by atoms with Gasteiger partial charge in [0.2, 0.25) is 0 Å². The summed E-state index contributed by atoms with van der Waals surface area (Å²) in [7, 11) is 0. The number of nitrogens with zero attached hydrogens (tertiary/aromatic N) is 2. The van der Waals surface area contributed by atoms with Gasteiger partial charge >= 0.3 is 0 Å². The number of aliphatic hydroxyl groups excluding tert-OH is 1. The number of para-hydroxylation sites is 1. The van der Waals surface area contributed by atoms with Crippen molar-refractivity contribution < 1.29 is 14.6 Å². The van der Waals surface area contributed by atoms with E-state index in [9.17, 15) is 5.11 Å². The standard InChI is InChI=1S/C25H30N4O3S/c1-17(27-28-25(26)33)20(15-29-11-13-31-14-12-29)23(18-7-3-2-4-8-18)21-16-32-22-10-6-5-9-19(22)24(21)30/h2-10,20,23,30H,11-16H2,1H3,(H3,26,28,33)/b27-17-/t20-,23+/m0/s1. The molecule has 2 aliphatic heterocycles. The fourth-order valence-electron chi connectivity index (χ4n) is 4.53. The van der Waals surface area contributed by atoms with Gasteiger partial charge in [-0.1, -0.05) is 42.5 Å². The highest BCUT2D eigenvalue weighted by Crippen LogP contribution is 2.41. The molecule has 0 aromatic heterocycles. The number of hydrogen-bond acceptors (Lipinski definition) is 6.